The molecule has 0 spiro atoms. The van der Waals surface area contributed by atoms with E-state index in [9.17, 15) is 14.4 Å². The van der Waals surface area contributed by atoms with Crippen molar-refractivity contribution >= 4 is 23.2 Å². The first-order valence-corrected chi connectivity index (χ1v) is 8.19. The Morgan fingerprint density at radius 3 is 2.76 bits per heavy atom. The van der Waals surface area contributed by atoms with Gasteiger partial charge in [0, 0.05) is 25.5 Å². The number of aromatic nitrogens is 2. The van der Waals surface area contributed by atoms with E-state index in [0.717, 1.165) is 6.42 Å². The van der Waals surface area contributed by atoms with Gasteiger partial charge in [-0.2, -0.15) is 0 Å². The molecule has 0 aromatic carbocycles. The van der Waals surface area contributed by atoms with Crippen molar-refractivity contribution in [2.45, 2.75) is 26.3 Å². The minimum atomic E-state index is -0.621. The molecule has 3 rings (SSSR count). The highest BCUT2D eigenvalue weighted by Crippen LogP contribution is 2.35. The van der Waals surface area contributed by atoms with Crippen LogP contribution < -0.4 is 15.8 Å². The molecule has 1 aliphatic rings. The number of hydrogen-bond acceptors (Lipinski definition) is 4. The zero-order valence-corrected chi connectivity index (χ0v) is 14.4. The predicted octanol–water partition coefficient (Wildman–Crippen LogP) is 1.79. The summed E-state index contributed by atoms with van der Waals surface area (Å²) in [7, 11) is 1.59. The molecule has 0 saturated carbocycles. The van der Waals surface area contributed by atoms with Crippen molar-refractivity contribution in [3.05, 3.63) is 52.7 Å². The quantitative estimate of drug-likeness (QED) is 0.923. The van der Waals surface area contributed by atoms with Crippen LogP contribution in [0.4, 0.5) is 11.4 Å². The van der Waals surface area contributed by atoms with E-state index < -0.39 is 6.04 Å². The fourth-order valence-electron chi connectivity index (χ4n) is 3.00. The number of nitrogens with zero attached hydrogens (tertiary/aromatic N) is 3. The summed E-state index contributed by atoms with van der Waals surface area (Å²) in [5, 5.41) is 2.83. The van der Waals surface area contributed by atoms with E-state index >= 15 is 0 Å². The summed E-state index contributed by atoms with van der Waals surface area (Å²) in [6, 6.07) is 3.93. The topological polar surface area (TPSA) is 84.3 Å². The van der Waals surface area contributed by atoms with Crippen LogP contribution in [0.3, 0.4) is 0 Å². The Morgan fingerprint density at radius 2 is 2.08 bits per heavy atom. The first kappa shape index (κ1) is 16.9. The maximum absolute atomic E-state index is 13.2. The number of pyridine rings is 2. The van der Waals surface area contributed by atoms with E-state index in [1.807, 2.05) is 13.8 Å². The zero-order chi connectivity index (χ0) is 18.1. The molecule has 2 amide bonds. The second-order valence-electron chi connectivity index (χ2n) is 6.25. The Balaban J connectivity index is 2.13. The van der Waals surface area contributed by atoms with Gasteiger partial charge in [-0.15, -0.1) is 0 Å². The van der Waals surface area contributed by atoms with Crippen molar-refractivity contribution in [1.29, 1.82) is 0 Å². The van der Waals surface area contributed by atoms with E-state index in [2.05, 4.69) is 10.3 Å². The lowest BCUT2D eigenvalue weighted by Crippen LogP contribution is -2.54. The molecule has 0 aliphatic carbocycles. The molecule has 2 unspecified atom stereocenters. The summed E-state index contributed by atoms with van der Waals surface area (Å²) >= 11 is 0. The van der Waals surface area contributed by atoms with Crippen LogP contribution >= 0.6 is 0 Å². The van der Waals surface area contributed by atoms with Crippen LogP contribution in [0.25, 0.3) is 0 Å². The smallest absolute Gasteiger partial charge is 0.260 e. The van der Waals surface area contributed by atoms with Crippen LogP contribution in [0.15, 0.2) is 41.6 Å². The van der Waals surface area contributed by atoms with Gasteiger partial charge in [0.25, 0.3) is 5.91 Å². The summed E-state index contributed by atoms with van der Waals surface area (Å²) in [6.07, 6.45) is 5.35. The Labute approximate surface area is 145 Å². The van der Waals surface area contributed by atoms with E-state index in [1.165, 1.54) is 34.0 Å². The maximum Gasteiger partial charge on any atom is 0.260 e. The van der Waals surface area contributed by atoms with Gasteiger partial charge in [-0.05, 0) is 18.1 Å². The van der Waals surface area contributed by atoms with Gasteiger partial charge >= 0.3 is 0 Å². The summed E-state index contributed by atoms with van der Waals surface area (Å²) in [5.74, 6) is -0.575. The molecule has 1 aliphatic heterocycles. The van der Waals surface area contributed by atoms with E-state index in [0.29, 0.717) is 16.9 Å². The lowest BCUT2D eigenvalue weighted by molar-refractivity contribution is -0.118. The lowest BCUT2D eigenvalue weighted by Gasteiger charge is -2.39. The van der Waals surface area contributed by atoms with Gasteiger partial charge in [0.05, 0.1) is 23.1 Å². The molecule has 0 radical (unpaired) electrons. The molecule has 25 heavy (non-hydrogen) atoms. The first-order chi connectivity index (χ1) is 11.9. The summed E-state index contributed by atoms with van der Waals surface area (Å²) in [5.41, 5.74) is 1.27. The minimum Gasteiger partial charge on any atom is -0.321 e. The van der Waals surface area contributed by atoms with Crippen molar-refractivity contribution in [3.8, 4) is 0 Å². The monoisotopic (exact) mass is 340 g/mol. The number of amides is 2. The Morgan fingerprint density at radius 1 is 1.32 bits per heavy atom. The third-order valence-electron chi connectivity index (χ3n) is 4.60. The molecule has 7 nitrogen and oxygen atoms in total. The summed E-state index contributed by atoms with van der Waals surface area (Å²) in [4.78, 5) is 43.0. The summed E-state index contributed by atoms with van der Waals surface area (Å²) < 4.78 is 1.35. The normalized spacial score (nSPS) is 17.6. The van der Waals surface area contributed by atoms with Crippen molar-refractivity contribution in [2.75, 3.05) is 10.2 Å². The molecule has 1 N–H and O–H groups in total. The van der Waals surface area contributed by atoms with Gasteiger partial charge in [0.2, 0.25) is 11.5 Å². The van der Waals surface area contributed by atoms with Crippen LogP contribution in [0.1, 0.15) is 30.6 Å². The number of carbonyl (C=O) groups excluding carboxylic acids is 2. The average molecular weight is 340 g/mol. The molecule has 2 aromatic heterocycles. The first-order valence-electron chi connectivity index (χ1n) is 8.19. The molecular weight excluding hydrogens is 320 g/mol. The average Bonchev–Trinajstić information content (AvgIpc) is 2.61. The zero-order valence-electron chi connectivity index (χ0n) is 14.4. The van der Waals surface area contributed by atoms with Crippen LogP contribution in [-0.2, 0) is 11.8 Å². The van der Waals surface area contributed by atoms with Gasteiger partial charge in [-0.1, -0.05) is 20.3 Å². The highest BCUT2D eigenvalue weighted by atomic mass is 16.2. The van der Waals surface area contributed by atoms with Gasteiger partial charge in [0.15, 0.2) is 0 Å². The minimum absolute atomic E-state index is 0.0298. The molecule has 3 heterocycles. The van der Waals surface area contributed by atoms with Gasteiger partial charge in [-0.25, -0.2) is 0 Å². The highest BCUT2D eigenvalue weighted by Gasteiger charge is 2.40. The molecule has 0 bridgehead atoms. The second-order valence-corrected chi connectivity index (χ2v) is 6.25. The fraction of sp³-hybridized carbons (Fsp3) is 0.333. The van der Waals surface area contributed by atoms with Crippen molar-refractivity contribution < 1.29 is 9.59 Å². The van der Waals surface area contributed by atoms with Crippen molar-refractivity contribution in [1.82, 2.24) is 9.55 Å². The largest absolute Gasteiger partial charge is 0.321 e. The van der Waals surface area contributed by atoms with Crippen LogP contribution in [0.2, 0.25) is 0 Å². The Bertz CT molecular complexity index is 890. The van der Waals surface area contributed by atoms with Gasteiger partial charge in [0.1, 0.15) is 6.04 Å². The highest BCUT2D eigenvalue weighted by molar-refractivity contribution is 6.16. The number of fused-ring (bicyclic) bond motifs is 1. The summed E-state index contributed by atoms with van der Waals surface area (Å²) in [6.45, 7) is 3.92. The van der Waals surface area contributed by atoms with Gasteiger partial charge < -0.3 is 9.88 Å². The van der Waals surface area contributed by atoms with Crippen molar-refractivity contribution in [3.63, 3.8) is 0 Å². The molecule has 2 aromatic rings. The standard InChI is InChI=1S/C18H20N4O3/c1-4-11(2)16-17(24)20-13-9-19-8-7-14(13)22(16)18(25)12-5-6-15(23)21(3)10-12/h5-11,16H,4H2,1-3H3,(H,20,24). The molecule has 130 valence electrons. The Hall–Kier alpha value is -2.96. The second kappa shape index (κ2) is 6.51. The third kappa shape index (κ3) is 2.93. The van der Waals surface area contributed by atoms with Gasteiger partial charge in [-0.3, -0.25) is 24.3 Å². The van der Waals surface area contributed by atoms with Crippen molar-refractivity contribution in [2.24, 2.45) is 13.0 Å². The Kier molecular flexibility index (Phi) is 4.39. The molecule has 2 atom stereocenters. The fourth-order valence-corrected chi connectivity index (χ4v) is 3.00. The molecule has 0 saturated heterocycles. The van der Waals surface area contributed by atoms with Crippen LogP contribution in [-0.4, -0.2) is 27.4 Å². The van der Waals surface area contributed by atoms with Crippen LogP contribution in [0.5, 0.6) is 0 Å². The van der Waals surface area contributed by atoms with E-state index in [1.54, 1.807) is 19.3 Å². The SMILES string of the molecule is CCC(C)C1C(=O)Nc2cnccc2N1C(=O)c1ccc(=O)n(C)c1. The predicted molar refractivity (Wildman–Crippen MR) is 94.6 cm³/mol. The number of rotatable bonds is 3. The number of nitrogens with one attached hydrogen (secondary N) is 1. The van der Waals surface area contributed by atoms with E-state index in [-0.39, 0.29) is 23.3 Å². The maximum atomic E-state index is 13.2. The number of anilines is 2. The third-order valence-corrected chi connectivity index (χ3v) is 4.60. The molecule has 0 fully saturated rings. The van der Waals surface area contributed by atoms with Crippen LogP contribution in [0, 0.1) is 5.92 Å². The number of hydrogen-bond donors (Lipinski definition) is 1. The number of aryl methyl sites for hydroxylation is 1. The molecule has 7 heteroatoms. The number of carbonyl (C=O) groups is 2. The van der Waals surface area contributed by atoms with E-state index in [4.69, 9.17) is 0 Å². The lowest BCUT2D eigenvalue weighted by atomic mass is 9.93. The molecular formula is C18H20N4O3.